The molecule has 0 aromatic heterocycles. The lowest BCUT2D eigenvalue weighted by molar-refractivity contribution is -0.144. The summed E-state index contributed by atoms with van der Waals surface area (Å²) < 4.78 is 0. The Balaban J connectivity index is 1.74. The van der Waals surface area contributed by atoms with E-state index in [4.69, 9.17) is 16.6 Å². The van der Waals surface area contributed by atoms with E-state index in [1.54, 1.807) is 48.5 Å². The van der Waals surface area contributed by atoms with Gasteiger partial charge in [0.2, 0.25) is 17.7 Å². The van der Waals surface area contributed by atoms with Crippen LogP contribution in [0.4, 0.5) is 22.7 Å². The number of carboxylic acid groups (broad SMARTS) is 2. The van der Waals surface area contributed by atoms with Crippen molar-refractivity contribution in [1.29, 1.82) is 0 Å². The second kappa shape index (κ2) is 15.5. The van der Waals surface area contributed by atoms with Gasteiger partial charge in [-0.1, -0.05) is 0 Å². The van der Waals surface area contributed by atoms with Gasteiger partial charge >= 0.3 is 11.9 Å². The number of carbonyl (C=O) groups is 5. The van der Waals surface area contributed by atoms with Crippen LogP contribution in [0.25, 0.3) is 0 Å². The van der Waals surface area contributed by atoms with Crippen molar-refractivity contribution in [3.63, 3.8) is 0 Å². The number of benzene rings is 2. The third-order valence-electron chi connectivity index (χ3n) is 5.38. The van der Waals surface area contributed by atoms with Crippen LogP contribution in [0, 0.1) is 5.92 Å². The summed E-state index contributed by atoms with van der Waals surface area (Å²) in [6, 6.07) is 11.9. The first-order valence-corrected chi connectivity index (χ1v) is 12.0. The zero-order valence-electron chi connectivity index (χ0n) is 21.0. The van der Waals surface area contributed by atoms with E-state index < -0.39 is 35.7 Å². The van der Waals surface area contributed by atoms with Crippen LogP contribution >= 0.6 is 0 Å². The average Bonchev–Trinajstić information content (AvgIpc) is 2.91. The molecular formula is C25H31N7O7. The van der Waals surface area contributed by atoms with Gasteiger partial charge in [-0.3, -0.25) is 24.0 Å². The molecule has 1 unspecified atom stereocenters. The van der Waals surface area contributed by atoms with E-state index >= 15 is 0 Å². The molecule has 14 nitrogen and oxygen atoms in total. The fourth-order valence-corrected chi connectivity index (χ4v) is 3.28. The number of azo groups is 1. The SMILES string of the molecule is NCC(=O)Nc1ccc(N=Nc2ccc(NC(=O)CNC(=O)CCCC(C[C@H](N)C(=O)O)C(=O)O)cc2)cc1. The maximum Gasteiger partial charge on any atom is 0.320 e. The van der Waals surface area contributed by atoms with Gasteiger partial charge < -0.3 is 37.6 Å². The minimum absolute atomic E-state index is 0.0237. The number of rotatable bonds is 15. The number of carboxylic acids is 2. The van der Waals surface area contributed by atoms with E-state index in [1.807, 2.05) is 0 Å². The monoisotopic (exact) mass is 541 g/mol. The van der Waals surface area contributed by atoms with Crippen molar-refractivity contribution >= 4 is 52.4 Å². The second-order valence-electron chi connectivity index (χ2n) is 8.48. The molecule has 2 aromatic rings. The van der Waals surface area contributed by atoms with Gasteiger partial charge in [-0.2, -0.15) is 10.2 Å². The first kappa shape index (κ1) is 30.5. The van der Waals surface area contributed by atoms with E-state index in [1.165, 1.54) is 0 Å². The number of amides is 3. The van der Waals surface area contributed by atoms with Gasteiger partial charge in [-0.15, -0.1) is 0 Å². The van der Waals surface area contributed by atoms with Crippen LogP contribution in [0.15, 0.2) is 58.8 Å². The molecular weight excluding hydrogens is 510 g/mol. The number of carbonyl (C=O) groups excluding carboxylic acids is 3. The summed E-state index contributed by atoms with van der Waals surface area (Å²) in [5.74, 6) is -4.66. The number of hydrogen-bond acceptors (Lipinski definition) is 9. The van der Waals surface area contributed by atoms with E-state index in [-0.39, 0.29) is 44.7 Å². The first-order chi connectivity index (χ1) is 18.6. The Morgan fingerprint density at radius 2 is 1.28 bits per heavy atom. The molecule has 0 heterocycles. The van der Waals surface area contributed by atoms with Crippen LogP contribution in [-0.4, -0.2) is 59.0 Å². The Bertz CT molecular complexity index is 1180. The summed E-state index contributed by atoms with van der Waals surface area (Å²) in [5, 5.41) is 34.0. The quantitative estimate of drug-likeness (QED) is 0.162. The molecule has 0 aliphatic heterocycles. The van der Waals surface area contributed by atoms with Crippen LogP contribution < -0.4 is 27.4 Å². The summed E-state index contributed by atoms with van der Waals surface area (Å²) in [5.41, 5.74) is 12.8. The zero-order valence-corrected chi connectivity index (χ0v) is 21.0. The highest BCUT2D eigenvalue weighted by molar-refractivity contribution is 5.94. The zero-order chi connectivity index (χ0) is 28.8. The number of nitrogens with zero attached hydrogens (tertiary/aromatic N) is 2. The molecule has 2 rings (SSSR count). The molecule has 0 radical (unpaired) electrons. The normalized spacial score (nSPS) is 12.4. The van der Waals surface area contributed by atoms with Gasteiger partial charge in [0.05, 0.1) is 30.4 Å². The Kier molecular flexibility index (Phi) is 12.2. The molecule has 0 aliphatic rings. The van der Waals surface area contributed by atoms with E-state index in [2.05, 4.69) is 26.2 Å². The number of anilines is 2. The van der Waals surface area contributed by atoms with Crippen LogP contribution in [0.5, 0.6) is 0 Å². The molecule has 0 bridgehead atoms. The molecule has 0 saturated heterocycles. The highest BCUT2D eigenvalue weighted by atomic mass is 16.4. The van der Waals surface area contributed by atoms with Gasteiger partial charge in [-0.25, -0.2) is 0 Å². The lowest BCUT2D eigenvalue weighted by atomic mass is 9.94. The van der Waals surface area contributed by atoms with Crippen LogP contribution in [0.1, 0.15) is 25.7 Å². The smallest absolute Gasteiger partial charge is 0.320 e. The maximum absolute atomic E-state index is 12.1. The average molecular weight is 542 g/mol. The summed E-state index contributed by atoms with van der Waals surface area (Å²) >= 11 is 0. The predicted molar refractivity (Wildman–Crippen MR) is 142 cm³/mol. The van der Waals surface area contributed by atoms with Gasteiger partial charge in [0.25, 0.3) is 0 Å². The third kappa shape index (κ3) is 11.5. The van der Waals surface area contributed by atoms with E-state index in [9.17, 15) is 29.1 Å². The lowest BCUT2D eigenvalue weighted by Gasteiger charge is -2.14. The molecule has 2 atom stereocenters. The molecule has 0 aliphatic carbocycles. The van der Waals surface area contributed by atoms with Gasteiger partial charge in [-0.05, 0) is 67.8 Å². The molecule has 3 amide bonds. The van der Waals surface area contributed by atoms with Crippen molar-refractivity contribution < 1.29 is 34.2 Å². The fourth-order valence-electron chi connectivity index (χ4n) is 3.28. The molecule has 0 spiro atoms. The van der Waals surface area contributed by atoms with E-state index in [0.717, 1.165) is 0 Å². The predicted octanol–water partition coefficient (Wildman–Crippen LogP) is 1.73. The van der Waals surface area contributed by atoms with Crippen molar-refractivity contribution in [2.24, 2.45) is 27.6 Å². The maximum atomic E-state index is 12.1. The van der Waals surface area contributed by atoms with Gasteiger partial charge in [0.15, 0.2) is 0 Å². The van der Waals surface area contributed by atoms with Crippen molar-refractivity contribution in [3.05, 3.63) is 48.5 Å². The Morgan fingerprint density at radius 1 is 0.769 bits per heavy atom. The number of nitrogens with one attached hydrogen (secondary N) is 3. The Hall–Kier alpha value is -4.69. The summed E-state index contributed by atoms with van der Waals surface area (Å²) in [4.78, 5) is 57.5. The summed E-state index contributed by atoms with van der Waals surface area (Å²) in [6.07, 6.45) is 0.0162. The molecule has 9 N–H and O–H groups in total. The Labute approximate surface area is 223 Å². The number of nitrogens with two attached hydrogens (primary N) is 2. The highest BCUT2D eigenvalue weighted by Gasteiger charge is 2.24. The van der Waals surface area contributed by atoms with E-state index in [0.29, 0.717) is 22.7 Å². The minimum Gasteiger partial charge on any atom is -0.481 e. The topological polar surface area (TPSA) is 239 Å². The van der Waals surface area contributed by atoms with Crippen LogP contribution in [0.2, 0.25) is 0 Å². The van der Waals surface area contributed by atoms with Crippen molar-refractivity contribution in [2.45, 2.75) is 31.7 Å². The van der Waals surface area contributed by atoms with Crippen LogP contribution in [0.3, 0.4) is 0 Å². The standard InChI is InChI=1S/C25H31N7O7/c26-13-22(34)29-16-4-8-18(9-5-16)31-32-19-10-6-17(7-11-19)30-23(35)14-28-21(33)3-1-2-15(24(36)37)12-20(27)25(38)39/h4-11,15,20H,1-3,12-14,26-27H2,(H,28,33)(H,29,34)(H,30,35)(H,36,37)(H,38,39)/t15?,20-/m0/s1. The third-order valence-corrected chi connectivity index (χ3v) is 5.38. The highest BCUT2D eigenvalue weighted by Crippen LogP contribution is 2.22. The molecule has 2 aromatic carbocycles. The van der Waals surface area contributed by atoms with Crippen molar-refractivity contribution in [2.75, 3.05) is 23.7 Å². The molecule has 0 fully saturated rings. The minimum atomic E-state index is -1.29. The Morgan fingerprint density at radius 3 is 1.74 bits per heavy atom. The molecule has 0 saturated carbocycles. The van der Waals surface area contributed by atoms with Crippen LogP contribution in [-0.2, 0) is 24.0 Å². The second-order valence-corrected chi connectivity index (χ2v) is 8.48. The summed E-state index contributed by atoms with van der Waals surface area (Å²) in [7, 11) is 0. The van der Waals surface area contributed by atoms with Gasteiger partial charge in [0.1, 0.15) is 6.04 Å². The van der Waals surface area contributed by atoms with Gasteiger partial charge in [0, 0.05) is 17.8 Å². The van der Waals surface area contributed by atoms with Crippen molar-refractivity contribution in [3.8, 4) is 0 Å². The largest absolute Gasteiger partial charge is 0.481 e. The molecule has 39 heavy (non-hydrogen) atoms. The molecule has 14 heteroatoms. The number of aliphatic carboxylic acids is 2. The molecule has 208 valence electrons. The summed E-state index contributed by atoms with van der Waals surface area (Å²) in [6.45, 7) is -0.396. The lowest BCUT2D eigenvalue weighted by Crippen LogP contribution is -2.35. The fraction of sp³-hybridized carbons (Fsp3) is 0.320. The number of hydrogen-bond donors (Lipinski definition) is 7. The first-order valence-electron chi connectivity index (χ1n) is 12.0. The van der Waals surface area contributed by atoms with Crippen molar-refractivity contribution in [1.82, 2.24) is 5.32 Å².